The van der Waals surface area contributed by atoms with E-state index in [4.69, 9.17) is 17.5 Å². The van der Waals surface area contributed by atoms with Crippen LogP contribution in [0.5, 0.6) is 0 Å². The van der Waals surface area contributed by atoms with E-state index in [1.807, 2.05) is 6.07 Å². The Kier molecular flexibility index (Phi) is 1.50. The summed E-state index contributed by atoms with van der Waals surface area (Å²) in [6.07, 6.45) is 1.40. The number of aromatic amines is 2. The Balaban J connectivity index is 3.09. The highest BCUT2D eigenvalue weighted by Crippen LogP contribution is 2.01. The number of rotatable bonds is 0. The molecule has 0 aliphatic rings. The molecule has 13 heavy (non-hydrogen) atoms. The van der Waals surface area contributed by atoms with Crippen molar-refractivity contribution in [3.05, 3.63) is 27.0 Å². The van der Waals surface area contributed by atoms with Crippen molar-refractivity contribution in [2.24, 2.45) is 0 Å². The molecule has 2 N–H and O–H groups in total. The maximum atomic E-state index is 11.2. The van der Waals surface area contributed by atoms with Crippen LogP contribution in [0, 0.1) is 16.1 Å². The Bertz CT molecular complexity index is 612. The summed E-state index contributed by atoms with van der Waals surface area (Å²) in [5.74, 6) is 0. The summed E-state index contributed by atoms with van der Waals surface area (Å²) >= 11 is 4.70. The van der Waals surface area contributed by atoms with Gasteiger partial charge in [0.25, 0.3) is 0 Å². The fourth-order valence-corrected chi connectivity index (χ4v) is 1.17. The van der Waals surface area contributed by atoms with Crippen molar-refractivity contribution in [3.8, 4) is 6.07 Å². The SMILES string of the molecule is N#Cc1c[nH]n2c(=O)[nH]c(=S)nc12. The molecule has 0 unspecified atom stereocenters. The van der Waals surface area contributed by atoms with E-state index in [9.17, 15) is 4.79 Å². The molecule has 64 valence electrons. The van der Waals surface area contributed by atoms with Gasteiger partial charge in [-0.1, -0.05) is 0 Å². The highest BCUT2D eigenvalue weighted by Gasteiger charge is 2.04. The van der Waals surface area contributed by atoms with Gasteiger partial charge < -0.3 is 0 Å². The molecule has 0 bridgehead atoms. The van der Waals surface area contributed by atoms with E-state index < -0.39 is 5.69 Å². The number of nitrogens with one attached hydrogen (secondary N) is 2. The molecule has 0 saturated heterocycles. The van der Waals surface area contributed by atoms with Gasteiger partial charge in [-0.25, -0.2) is 4.79 Å². The predicted molar refractivity (Wildman–Crippen MR) is 45.7 cm³/mol. The molecule has 2 aromatic heterocycles. The lowest BCUT2D eigenvalue weighted by molar-refractivity contribution is 0.833. The van der Waals surface area contributed by atoms with Crippen molar-refractivity contribution in [3.63, 3.8) is 0 Å². The molecule has 2 aromatic rings. The summed E-state index contributed by atoms with van der Waals surface area (Å²) in [4.78, 5) is 17.3. The van der Waals surface area contributed by atoms with Crippen LogP contribution in [0.3, 0.4) is 0 Å². The minimum absolute atomic E-state index is 0.0705. The second kappa shape index (κ2) is 2.53. The second-order valence-corrected chi connectivity index (χ2v) is 2.69. The van der Waals surface area contributed by atoms with Crippen molar-refractivity contribution < 1.29 is 0 Å². The van der Waals surface area contributed by atoms with Crippen LogP contribution in [0.2, 0.25) is 0 Å². The van der Waals surface area contributed by atoms with Crippen molar-refractivity contribution >= 4 is 17.9 Å². The number of nitriles is 1. The molecule has 0 aromatic carbocycles. The highest BCUT2D eigenvalue weighted by atomic mass is 32.1. The fraction of sp³-hybridized carbons (Fsp3) is 0. The summed E-state index contributed by atoms with van der Waals surface area (Å²) in [6, 6.07) is 1.89. The zero-order valence-electron chi connectivity index (χ0n) is 6.24. The lowest BCUT2D eigenvalue weighted by atomic mass is 10.4. The molecule has 2 rings (SSSR count). The van der Waals surface area contributed by atoms with Crippen molar-refractivity contribution in [2.75, 3.05) is 0 Å². The van der Waals surface area contributed by atoms with Gasteiger partial charge in [-0.05, 0) is 12.2 Å². The molecule has 0 saturated carbocycles. The molecule has 2 heterocycles. The smallest absolute Gasteiger partial charge is 0.294 e. The van der Waals surface area contributed by atoms with Gasteiger partial charge in [-0.2, -0.15) is 14.8 Å². The van der Waals surface area contributed by atoms with E-state index in [1.165, 1.54) is 6.20 Å². The lowest BCUT2D eigenvalue weighted by Crippen LogP contribution is -2.18. The molecule has 0 atom stereocenters. The second-order valence-electron chi connectivity index (χ2n) is 2.31. The molecule has 0 spiro atoms. The van der Waals surface area contributed by atoms with E-state index in [0.29, 0.717) is 0 Å². The Morgan fingerprint density at radius 3 is 3.15 bits per heavy atom. The molecule has 0 fully saturated rings. The van der Waals surface area contributed by atoms with E-state index in [-0.39, 0.29) is 16.0 Å². The molecule has 0 radical (unpaired) electrons. The normalized spacial score (nSPS) is 10.1. The van der Waals surface area contributed by atoms with Gasteiger partial charge in [0.1, 0.15) is 11.6 Å². The standard InChI is InChI=1S/C6H3N5OS/c7-1-3-2-8-11-4(3)9-5(13)10-6(11)12/h2,8H,(H,10,12,13). The highest BCUT2D eigenvalue weighted by molar-refractivity contribution is 7.71. The van der Waals surface area contributed by atoms with Crippen LogP contribution in [0.4, 0.5) is 0 Å². The Morgan fingerprint density at radius 1 is 1.69 bits per heavy atom. The zero-order chi connectivity index (χ0) is 9.42. The number of aromatic nitrogens is 4. The molecular weight excluding hydrogens is 190 g/mol. The van der Waals surface area contributed by atoms with Crippen LogP contribution in [0.1, 0.15) is 5.56 Å². The van der Waals surface area contributed by atoms with E-state index in [1.54, 1.807) is 0 Å². The van der Waals surface area contributed by atoms with E-state index in [0.717, 1.165) is 4.52 Å². The molecular formula is C6H3N5OS. The van der Waals surface area contributed by atoms with Gasteiger partial charge in [0.15, 0.2) is 5.65 Å². The quantitative estimate of drug-likeness (QED) is 0.574. The molecule has 0 aliphatic heterocycles. The van der Waals surface area contributed by atoms with Gasteiger partial charge in [0.05, 0.1) is 0 Å². The van der Waals surface area contributed by atoms with Gasteiger partial charge in [0.2, 0.25) is 4.77 Å². The van der Waals surface area contributed by atoms with Crippen LogP contribution >= 0.6 is 12.2 Å². The summed E-state index contributed by atoms with van der Waals surface area (Å²) < 4.78 is 1.19. The topological polar surface area (TPSA) is 89.7 Å². The average molecular weight is 193 g/mol. The third-order valence-corrected chi connectivity index (χ3v) is 1.73. The van der Waals surface area contributed by atoms with E-state index >= 15 is 0 Å². The van der Waals surface area contributed by atoms with Gasteiger partial charge in [-0.3, -0.25) is 10.1 Å². The lowest BCUT2D eigenvalue weighted by Gasteiger charge is -1.89. The number of hydrogen-bond donors (Lipinski definition) is 2. The largest absolute Gasteiger partial charge is 0.348 e. The number of H-pyrrole nitrogens is 2. The molecule has 6 nitrogen and oxygen atoms in total. The van der Waals surface area contributed by atoms with Gasteiger partial charge in [0, 0.05) is 6.20 Å². The monoisotopic (exact) mass is 193 g/mol. The predicted octanol–water partition coefficient (Wildman–Crippen LogP) is -0.0481. The minimum atomic E-state index is -0.434. The van der Waals surface area contributed by atoms with Crippen molar-refractivity contribution in [1.82, 2.24) is 19.6 Å². The van der Waals surface area contributed by atoms with Crippen LogP contribution in [0.15, 0.2) is 11.0 Å². The maximum Gasteiger partial charge on any atom is 0.348 e. The summed E-state index contributed by atoms with van der Waals surface area (Å²) in [5, 5.41) is 11.2. The average Bonchev–Trinajstić information content (AvgIpc) is 2.47. The molecule has 0 amide bonds. The molecule has 7 heteroatoms. The first-order valence-corrected chi connectivity index (χ1v) is 3.74. The number of hydrogen-bond acceptors (Lipinski definition) is 4. The summed E-state index contributed by atoms with van der Waals surface area (Å²) in [7, 11) is 0. The van der Waals surface area contributed by atoms with Gasteiger partial charge in [-0.15, -0.1) is 0 Å². The van der Waals surface area contributed by atoms with Crippen molar-refractivity contribution in [1.29, 1.82) is 5.26 Å². The minimum Gasteiger partial charge on any atom is -0.294 e. The third-order valence-electron chi connectivity index (χ3n) is 1.54. The number of nitrogens with zero attached hydrogens (tertiary/aromatic N) is 3. The fourth-order valence-electron chi connectivity index (χ4n) is 0.994. The first-order valence-electron chi connectivity index (χ1n) is 3.33. The van der Waals surface area contributed by atoms with Crippen LogP contribution in [0.25, 0.3) is 5.65 Å². The zero-order valence-corrected chi connectivity index (χ0v) is 7.05. The summed E-state index contributed by atoms with van der Waals surface area (Å²) in [6.45, 7) is 0. The Labute approximate surface area is 76.5 Å². The van der Waals surface area contributed by atoms with Crippen LogP contribution in [-0.2, 0) is 0 Å². The third kappa shape index (κ3) is 1.04. The van der Waals surface area contributed by atoms with Crippen LogP contribution in [-0.4, -0.2) is 19.6 Å². The Morgan fingerprint density at radius 2 is 2.46 bits per heavy atom. The van der Waals surface area contributed by atoms with Gasteiger partial charge >= 0.3 is 5.69 Å². The van der Waals surface area contributed by atoms with Crippen molar-refractivity contribution in [2.45, 2.75) is 0 Å². The summed E-state index contributed by atoms with van der Waals surface area (Å²) in [5.41, 5.74) is 0.102. The first kappa shape index (κ1) is 7.70. The maximum absolute atomic E-state index is 11.2. The first-order chi connectivity index (χ1) is 6.22. The number of fused-ring (bicyclic) bond motifs is 1. The molecule has 0 aliphatic carbocycles. The van der Waals surface area contributed by atoms with Crippen LogP contribution < -0.4 is 5.69 Å². The Hall–Kier alpha value is -1.94. The van der Waals surface area contributed by atoms with E-state index in [2.05, 4.69) is 15.1 Å².